The van der Waals surface area contributed by atoms with Crippen molar-refractivity contribution in [2.75, 3.05) is 0 Å². The Morgan fingerprint density at radius 1 is 0.920 bits per heavy atom. The third kappa shape index (κ3) is 5.32. The average molecular weight is 348 g/mol. The fourth-order valence-electron chi connectivity index (χ4n) is 3.46. The molecular formula is C21H32O4. The predicted octanol–water partition coefficient (Wildman–Crippen LogP) is 5.84. The number of carbonyl (C=O) groups is 2. The molecule has 1 aromatic rings. The first-order valence-corrected chi connectivity index (χ1v) is 9.38. The maximum absolute atomic E-state index is 12.0. The molecule has 4 heteroatoms. The van der Waals surface area contributed by atoms with Crippen LogP contribution >= 0.6 is 0 Å². The number of unbranched alkanes of at least 4 members (excludes halogenated alkanes) is 4. The molecule has 0 fully saturated rings. The van der Waals surface area contributed by atoms with Gasteiger partial charge in [-0.25, -0.2) is 9.59 Å². The summed E-state index contributed by atoms with van der Waals surface area (Å²) >= 11 is 0. The van der Waals surface area contributed by atoms with Crippen molar-refractivity contribution in [3.05, 3.63) is 33.9 Å². The van der Waals surface area contributed by atoms with E-state index in [-0.39, 0.29) is 17.4 Å². The van der Waals surface area contributed by atoms with Gasteiger partial charge in [-0.05, 0) is 47.4 Å². The Hall–Kier alpha value is -1.84. The molecule has 0 saturated heterocycles. The predicted molar refractivity (Wildman–Crippen MR) is 101 cm³/mol. The summed E-state index contributed by atoms with van der Waals surface area (Å²) in [6.07, 6.45) is 6.02. The van der Waals surface area contributed by atoms with Crippen LogP contribution in [0.15, 0.2) is 6.07 Å². The largest absolute Gasteiger partial charge is 0.478 e. The normalized spacial score (nSPS) is 11.3. The Balaban J connectivity index is 3.46. The molecule has 25 heavy (non-hydrogen) atoms. The fraction of sp³-hybridized carbons (Fsp3) is 0.619. The van der Waals surface area contributed by atoms with Gasteiger partial charge >= 0.3 is 11.9 Å². The molecule has 0 atom stereocenters. The first kappa shape index (κ1) is 21.2. The van der Waals surface area contributed by atoms with Crippen LogP contribution in [0.4, 0.5) is 0 Å². The third-order valence-corrected chi connectivity index (χ3v) is 4.68. The molecule has 0 bridgehead atoms. The number of benzene rings is 1. The average Bonchev–Trinajstić information content (AvgIpc) is 2.52. The van der Waals surface area contributed by atoms with E-state index in [1.165, 1.54) is 6.42 Å². The number of hydrogen-bond donors (Lipinski definition) is 2. The van der Waals surface area contributed by atoms with Gasteiger partial charge in [-0.2, -0.15) is 0 Å². The van der Waals surface area contributed by atoms with E-state index in [1.54, 1.807) is 6.07 Å². The van der Waals surface area contributed by atoms with Crippen LogP contribution < -0.4 is 0 Å². The lowest BCUT2D eigenvalue weighted by molar-refractivity contribution is 0.0677. The van der Waals surface area contributed by atoms with Crippen LogP contribution in [0.1, 0.15) is 116 Å². The van der Waals surface area contributed by atoms with Gasteiger partial charge in [-0.1, -0.05) is 60.3 Å². The molecule has 140 valence electrons. The van der Waals surface area contributed by atoms with Crippen molar-refractivity contribution in [3.8, 4) is 0 Å². The minimum absolute atomic E-state index is 0.0338. The fourth-order valence-corrected chi connectivity index (χ4v) is 3.46. The second-order valence-electron chi connectivity index (χ2n) is 7.36. The third-order valence-electron chi connectivity index (χ3n) is 4.68. The molecule has 0 aliphatic rings. The van der Waals surface area contributed by atoms with Gasteiger partial charge in [0.2, 0.25) is 0 Å². The zero-order valence-corrected chi connectivity index (χ0v) is 16.2. The molecule has 0 saturated carbocycles. The maximum atomic E-state index is 12.0. The molecule has 1 aromatic carbocycles. The molecular weight excluding hydrogens is 316 g/mol. The number of aromatic carboxylic acids is 2. The van der Waals surface area contributed by atoms with Crippen molar-refractivity contribution in [2.45, 2.75) is 85.0 Å². The molecule has 0 aliphatic heterocycles. The summed E-state index contributed by atoms with van der Waals surface area (Å²) in [5.74, 6) is -2.00. The van der Waals surface area contributed by atoms with Crippen molar-refractivity contribution in [1.82, 2.24) is 0 Å². The summed E-state index contributed by atoms with van der Waals surface area (Å²) in [6, 6.07) is 1.59. The lowest BCUT2D eigenvalue weighted by Crippen LogP contribution is -2.17. The summed E-state index contributed by atoms with van der Waals surface area (Å²) in [5, 5.41) is 19.5. The molecule has 2 N–H and O–H groups in total. The van der Waals surface area contributed by atoms with Crippen molar-refractivity contribution in [3.63, 3.8) is 0 Å². The first-order valence-electron chi connectivity index (χ1n) is 9.38. The van der Waals surface area contributed by atoms with Gasteiger partial charge in [0, 0.05) is 0 Å². The Bertz CT molecular complexity index is 615. The summed E-state index contributed by atoms with van der Waals surface area (Å²) in [7, 11) is 0. The van der Waals surface area contributed by atoms with Gasteiger partial charge in [0.1, 0.15) is 0 Å². The van der Waals surface area contributed by atoms with Gasteiger partial charge < -0.3 is 10.2 Å². The lowest BCUT2D eigenvalue weighted by Gasteiger charge is -2.23. The number of rotatable bonds is 10. The van der Waals surface area contributed by atoms with Gasteiger partial charge in [-0.3, -0.25) is 0 Å². The molecule has 1 rings (SSSR count). The van der Waals surface area contributed by atoms with Crippen molar-refractivity contribution >= 4 is 11.9 Å². The molecule has 0 aromatic heterocycles. The van der Waals surface area contributed by atoms with E-state index < -0.39 is 11.9 Å². The summed E-state index contributed by atoms with van der Waals surface area (Å²) < 4.78 is 0. The highest BCUT2D eigenvalue weighted by Crippen LogP contribution is 2.34. The highest BCUT2D eigenvalue weighted by Gasteiger charge is 2.27. The van der Waals surface area contributed by atoms with Gasteiger partial charge in [0.25, 0.3) is 0 Å². The maximum Gasteiger partial charge on any atom is 0.336 e. The number of hydrogen-bond acceptors (Lipinski definition) is 2. The second-order valence-corrected chi connectivity index (χ2v) is 7.36. The first-order chi connectivity index (χ1) is 11.7. The van der Waals surface area contributed by atoms with E-state index in [4.69, 9.17) is 0 Å². The second kappa shape index (κ2) is 9.59. The summed E-state index contributed by atoms with van der Waals surface area (Å²) in [6.45, 7) is 9.85. The van der Waals surface area contributed by atoms with Crippen LogP contribution in [0.25, 0.3) is 0 Å². The molecule has 4 nitrogen and oxygen atoms in total. The van der Waals surface area contributed by atoms with Gasteiger partial charge in [0.05, 0.1) is 11.1 Å². The van der Waals surface area contributed by atoms with Crippen LogP contribution in [0, 0.1) is 0 Å². The summed E-state index contributed by atoms with van der Waals surface area (Å²) in [4.78, 5) is 23.8. The van der Waals surface area contributed by atoms with E-state index in [2.05, 4.69) is 6.92 Å². The zero-order chi connectivity index (χ0) is 19.1. The van der Waals surface area contributed by atoms with Gasteiger partial charge in [0.15, 0.2) is 0 Å². The molecule has 0 heterocycles. The molecule has 0 unspecified atom stereocenters. The Morgan fingerprint density at radius 2 is 1.52 bits per heavy atom. The quantitative estimate of drug-likeness (QED) is 0.521. The summed E-state index contributed by atoms with van der Waals surface area (Å²) in [5.41, 5.74) is 2.60. The monoisotopic (exact) mass is 348 g/mol. The van der Waals surface area contributed by atoms with E-state index >= 15 is 0 Å². The van der Waals surface area contributed by atoms with Crippen molar-refractivity contribution < 1.29 is 19.8 Å². The molecule has 0 aliphatic carbocycles. The van der Waals surface area contributed by atoms with E-state index in [1.807, 2.05) is 27.7 Å². The molecule has 0 amide bonds. The van der Waals surface area contributed by atoms with E-state index in [0.717, 1.165) is 25.7 Å². The SMILES string of the molecule is CCCCCCCc1c(C(=O)O)cc(C(C)C)c(C(=O)O)c1C(C)C. The number of carboxylic acid groups (broad SMARTS) is 2. The molecule has 0 spiro atoms. The van der Waals surface area contributed by atoms with Gasteiger partial charge in [-0.15, -0.1) is 0 Å². The standard InChI is InChI=1S/C21H32O4/c1-6-7-8-9-10-11-15-17(20(22)23)12-16(13(2)3)19(21(24)25)18(15)14(4)5/h12-14H,6-11H2,1-5H3,(H,22,23)(H,24,25). The van der Waals surface area contributed by atoms with Crippen LogP contribution in [-0.2, 0) is 6.42 Å². The topological polar surface area (TPSA) is 74.6 Å². The highest BCUT2D eigenvalue weighted by molar-refractivity contribution is 5.97. The van der Waals surface area contributed by atoms with Crippen LogP contribution in [0.3, 0.4) is 0 Å². The van der Waals surface area contributed by atoms with Crippen molar-refractivity contribution in [1.29, 1.82) is 0 Å². The van der Waals surface area contributed by atoms with E-state index in [0.29, 0.717) is 28.7 Å². The molecule has 0 radical (unpaired) electrons. The van der Waals surface area contributed by atoms with Crippen LogP contribution in [0.5, 0.6) is 0 Å². The Morgan fingerprint density at radius 3 is 1.96 bits per heavy atom. The minimum Gasteiger partial charge on any atom is -0.478 e. The smallest absolute Gasteiger partial charge is 0.336 e. The zero-order valence-electron chi connectivity index (χ0n) is 16.2. The Labute approximate surface area is 151 Å². The highest BCUT2D eigenvalue weighted by atomic mass is 16.4. The van der Waals surface area contributed by atoms with E-state index in [9.17, 15) is 19.8 Å². The number of carboxylic acids is 2. The minimum atomic E-state index is -0.968. The Kier molecular flexibility index (Phi) is 8.14. The lowest BCUT2D eigenvalue weighted by atomic mass is 9.81. The van der Waals surface area contributed by atoms with Crippen LogP contribution in [0.2, 0.25) is 0 Å². The van der Waals surface area contributed by atoms with Crippen molar-refractivity contribution in [2.24, 2.45) is 0 Å². The van der Waals surface area contributed by atoms with Crippen LogP contribution in [-0.4, -0.2) is 22.2 Å².